The van der Waals surface area contributed by atoms with Gasteiger partial charge >= 0.3 is 0 Å². The van der Waals surface area contributed by atoms with Crippen LogP contribution in [0.2, 0.25) is 0 Å². The van der Waals surface area contributed by atoms with Crippen LogP contribution in [0, 0.1) is 10.1 Å². The van der Waals surface area contributed by atoms with Gasteiger partial charge in [-0.25, -0.2) is 0 Å². The van der Waals surface area contributed by atoms with Crippen LogP contribution in [0.15, 0.2) is 70.1 Å². The topological polar surface area (TPSA) is 73.6 Å². The lowest BCUT2D eigenvalue weighted by Crippen LogP contribution is -2.14. The molecule has 0 aliphatic carbocycles. The van der Waals surface area contributed by atoms with Gasteiger partial charge in [-0.05, 0) is 6.07 Å². The molecule has 3 rings (SSSR count). The fraction of sp³-hybridized carbons (Fsp3) is 0.0625. The average molecular weight is 327 g/mol. The number of aromatic nitrogens is 1. The Bertz CT molecular complexity index is 907. The summed E-state index contributed by atoms with van der Waals surface area (Å²) >= 11 is 1.44. The Morgan fingerprint density at radius 3 is 2.96 bits per heavy atom. The summed E-state index contributed by atoms with van der Waals surface area (Å²) in [5.41, 5.74) is 1.67. The number of allylic oxidation sites excluding steroid dienone is 1. The zero-order chi connectivity index (χ0) is 16.2. The third-order valence-electron chi connectivity index (χ3n) is 3.17. The first-order chi connectivity index (χ1) is 11.2. The summed E-state index contributed by atoms with van der Waals surface area (Å²) in [6, 6.07) is 10.1. The molecule has 0 radical (unpaired) electrons. The molecule has 7 heteroatoms. The normalized spacial score (nSPS) is 11.6. The van der Waals surface area contributed by atoms with Crippen molar-refractivity contribution in [2.45, 2.75) is 6.54 Å². The maximum absolute atomic E-state index is 11.0. The van der Waals surface area contributed by atoms with E-state index in [1.165, 1.54) is 17.4 Å². The van der Waals surface area contributed by atoms with Crippen LogP contribution in [0.25, 0.3) is 11.3 Å². The first kappa shape index (κ1) is 15.0. The van der Waals surface area contributed by atoms with Crippen molar-refractivity contribution in [3.63, 3.8) is 0 Å². The van der Waals surface area contributed by atoms with Crippen LogP contribution in [0.4, 0.5) is 11.6 Å². The molecule has 0 saturated carbocycles. The van der Waals surface area contributed by atoms with Crippen molar-refractivity contribution < 1.29 is 9.34 Å². The second-order valence-corrected chi connectivity index (χ2v) is 5.51. The zero-order valence-corrected chi connectivity index (χ0v) is 12.9. The molecule has 2 heterocycles. The van der Waals surface area contributed by atoms with Crippen LogP contribution in [-0.2, 0) is 6.54 Å². The standard InChI is InChI=1S/C16H13N3O3S/c1-2-8-18-14(12-5-3-6-13(10-12)19(20)21)11-23-16(18)17-15-7-4-9-22-15/h2-7,9-11H,1,8H2. The summed E-state index contributed by atoms with van der Waals surface area (Å²) in [7, 11) is 0. The first-order valence-electron chi connectivity index (χ1n) is 6.81. The Labute approximate surface area is 135 Å². The van der Waals surface area contributed by atoms with Crippen LogP contribution in [0.3, 0.4) is 0 Å². The zero-order valence-electron chi connectivity index (χ0n) is 12.1. The maximum Gasteiger partial charge on any atom is 0.270 e. The van der Waals surface area contributed by atoms with E-state index in [0.717, 1.165) is 16.1 Å². The number of non-ortho nitro benzene ring substituents is 1. The lowest BCUT2D eigenvalue weighted by molar-refractivity contribution is -0.384. The Morgan fingerprint density at radius 1 is 1.39 bits per heavy atom. The second-order valence-electron chi connectivity index (χ2n) is 4.67. The molecule has 3 aromatic rings. The van der Waals surface area contributed by atoms with Gasteiger partial charge in [0.1, 0.15) is 0 Å². The van der Waals surface area contributed by atoms with Crippen molar-refractivity contribution in [1.29, 1.82) is 0 Å². The van der Waals surface area contributed by atoms with Crippen LogP contribution in [0.5, 0.6) is 0 Å². The summed E-state index contributed by atoms with van der Waals surface area (Å²) in [5, 5.41) is 12.9. The summed E-state index contributed by atoms with van der Waals surface area (Å²) in [5.74, 6) is 0.509. The lowest BCUT2D eigenvalue weighted by atomic mass is 10.1. The summed E-state index contributed by atoms with van der Waals surface area (Å²) in [6.45, 7) is 4.31. The molecule has 1 aromatic carbocycles. The minimum absolute atomic E-state index is 0.0587. The number of hydrogen-bond acceptors (Lipinski definition) is 5. The number of nitro groups is 1. The maximum atomic E-state index is 11.0. The quantitative estimate of drug-likeness (QED) is 0.401. The van der Waals surface area contributed by atoms with Crippen molar-refractivity contribution in [2.75, 3.05) is 0 Å². The van der Waals surface area contributed by atoms with E-state index in [2.05, 4.69) is 11.6 Å². The monoisotopic (exact) mass is 327 g/mol. The number of hydrogen-bond donors (Lipinski definition) is 0. The van der Waals surface area contributed by atoms with Crippen LogP contribution >= 0.6 is 11.3 Å². The highest BCUT2D eigenvalue weighted by molar-refractivity contribution is 7.07. The van der Waals surface area contributed by atoms with Crippen molar-refractivity contribution in [3.8, 4) is 11.3 Å². The van der Waals surface area contributed by atoms with Gasteiger partial charge in [-0.1, -0.05) is 18.2 Å². The van der Waals surface area contributed by atoms with E-state index in [1.807, 2.05) is 16.0 Å². The van der Waals surface area contributed by atoms with Gasteiger partial charge < -0.3 is 8.98 Å². The number of thiazole rings is 1. The van der Waals surface area contributed by atoms with Gasteiger partial charge in [0.25, 0.3) is 5.69 Å². The molecule has 0 N–H and O–H groups in total. The minimum atomic E-state index is -0.401. The van der Waals surface area contributed by atoms with Gasteiger partial charge in [-0.15, -0.1) is 17.9 Å². The molecule has 0 unspecified atom stereocenters. The van der Waals surface area contributed by atoms with E-state index in [4.69, 9.17) is 4.42 Å². The average Bonchev–Trinajstić information content (AvgIpc) is 3.19. The summed E-state index contributed by atoms with van der Waals surface area (Å²) < 4.78 is 7.19. The van der Waals surface area contributed by atoms with E-state index in [0.29, 0.717) is 12.4 Å². The highest BCUT2D eigenvalue weighted by atomic mass is 32.1. The Balaban J connectivity index is 2.13. The summed E-state index contributed by atoms with van der Waals surface area (Å²) in [4.78, 5) is 15.8. The third kappa shape index (κ3) is 3.14. The van der Waals surface area contributed by atoms with Gasteiger partial charge in [0.05, 0.1) is 16.9 Å². The number of benzene rings is 1. The molecule has 0 amide bonds. The molecule has 0 aliphatic heterocycles. The molecule has 0 fully saturated rings. The second kappa shape index (κ2) is 6.45. The SMILES string of the molecule is C=CCn1c(-c2cccc([N+](=O)[O-])c2)csc1=Nc1ccco1. The Morgan fingerprint density at radius 2 is 2.26 bits per heavy atom. The van der Waals surface area contributed by atoms with Crippen molar-refractivity contribution in [1.82, 2.24) is 4.57 Å². The highest BCUT2D eigenvalue weighted by Gasteiger charge is 2.11. The van der Waals surface area contributed by atoms with E-state index < -0.39 is 4.92 Å². The smallest absolute Gasteiger partial charge is 0.270 e. The lowest BCUT2D eigenvalue weighted by Gasteiger charge is -2.06. The van der Waals surface area contributed by atoms with Gasteiger partial charge in [0.2, 0.25) is 5.88 Å². The van der Waals surface area contributed by atoms with E-state index in [-0.39, 0.29) is 5.69 Å². The molecule has 0 spiro atoms. The van der Waals surface area contributed by atoms with Gasteiger partial charge in [-0.2, -0.15) is 4.99 Å². The molecule has 6 nitrogen and oxygen atoms in total. The molecule has 0 aliphatic rings. The summed E-state index contributed by atoms with van der Waals surface area (Å²) in [6.07, 6.45) is 3.32. The molecule has 23 heavy (non-hydrogen) atoms. The number of nitro benzene ring substituents is 1. The Kier molecular flexibility index (Phi) is 4.20. The molecule has 0 atom stereocenters. The number of rotatable bonds is 5. The third-order valence-corrected chi connectivity index (χ3v) is 4.04. The molecule has 0 bridgehead atoms. The predicted octanol–water partition coefficient (Wildman–Crippen LogP) is 4.14. The van der Waals surface area contributed by atoms with Crippen LogP contribution in [0.1, 0.15) is 0 Å². The van der Waals surface area contributed by atoms with Gasteiger partial charge in [0, 0.05) is 35.7 Å². The number of furan rings is 1. The van der Waals surface area contributed by atoms with Crippen LogP contribution in [-0.4, -0.2) is 9.49 Å². The largest absolute Gasteiger partial charge is 0.447 e. The fourth-order valence-corrected chi connectivity index (χ4v) is 3.08. The van der Waals surface area contributed by atoms with Gasteiger partial charge in [0.15, 0.2) is 4.80 Å². The molecule has 0 saturated heterocycles. The van der Waals surface area contributed by atoms with Crippen LogP contribution < -0.4 is 4.80 Å². The Hall–Kier alpha value is -2.93. The molecular weight excluding hydrogens is 314 g/mol. The van der Waals surface area contributed by atoms with E-state index in [9.17, 15) is 10.1 Å². The first-order valence-corrected chi connectivity index (χ1v) is 7.69. The minimum Gasteiger partial charge on any atom is -0.447 e. The van der Waals surface area contributed by atoms with E-state index in [1.54, 1.807) is 36.6 Å². The fourth-order valence-electron chi connectivity index (χ4n) is 2.16. The van der Waals surface area contributed by atoms with E-state index >= 15 is 0 Å². The molecular formula is C16H13N3O3S. The highest BCUT2D eigenvalue weighted by Crippen LogP contribution is 2.25. The molecule has 116 valence electrons. The molecule has 2 aromatic heterocycles. The van der Waals surface area contributed by atoms with Crippen molar-refractivity contribution in [3.05, 3.63) is 75.6 Å². The predicted molar refractivity (Wildman–Crippen MR) is 88.5 cm³/mol. The van der Waals surface area contributed by atoms with Crippen molar-refractivity contribution >= 4 is 22.9 Å². The number of nitrogens with zero attached hydrogens (tertiary/aromatic N) is 3. The van der Waals surface area contributed by atoms with Crippen molar-refractivity contribution in [2.24, 2.45) is 4.99 Å². The van der Waals surface area contributed by atoms with Gasteiger partial charge in [-0.3, -0.25) is 10.1 Å².